The molecule has 110 valence electrons. The summed E-state index contributed by atoms with van der Waals surface area (Å²) in [5, 5.41) is 2.42. The Morgan fingerprint density at radius 1 is 1.35 bits per heavy atom. The first-order valence-corrected chi connectivity index (χ1v) is 7.29. The Kier molecular flexibility index (Phi) is 4.63. The predicted octanol–water partition coefficient (Wildman–Crippen LogP) is 4.62. The van der Waals surface area contributed by atoms with Gasteiger partial charge in [0.25, 0.3) is 0 Å². The van der Waals surface area contributed by atoms with Gasteiger partial charge >= 0.3 is 6.09 Å². The van der Waals surface area contributed by atoms with E-state index in [4.69, 9.17) is 4.74 Å². The molecule has 0 aromatic heterocycles. The van der Waals surface area contributed by atoms with Gasteiger partial charge in [0.2, 0.25) is 0 Å². The Morgan fingerprint density at radius 3 is 2.65 bits per heavy atom. The smallest absolute Gasteiger partial charge is 0.411 e. The van der Waals surface area contributed by atoms with E-state index in [0.29, 0.717) is 0 Å². The maximum absolute atomic E-state index is 14.1. The fraction of sp³-hybridized carbons (Fsp3) is 0.562. The Morgan fingerprint density at radius 2 is 2.05 bits per heavy atom. The van der Waals surface area contributed by atoms with E-state index < -0.39 is 11.9 Å². The van der Waals surface area contributed by atoms with Gasteiger partial charge in [0.15, 0.2) is 0 Å². The molecule has 20 heavy (non-hydrogen) atoms. The van der Waals surface area contributed by atoms with Crippen LogP contribution in [0.3, 0.4) is 0 Å². The molecule has 0 saturated heterocycles. The Labute approximate surface area is 119 Å². The van der Waals surface area contributed by atoms with Crippen molar-refractivity contribution in [1.29, 1.82) is 0 Å². The maximum atomic E-state index is 14.1. The summed E-state index contributed by atoms with van der Waals surface area (Å²) in [6.45, 7) is 4.17. The van der Waals surface area contributed by atoms with Crippen molar-refractivity contribution in [2.75, 3.05) is 11.9 Å². The van der Waals surface area contributed by atoms with Crippen LogP contribution < -0.4 is 5.32 Å². The highest BCUT2D eigenvalue weighted by Gasteiger charge is 2.29. The second kappa shape index (κ2) is 6.25. The largest absolute Gasteiger partial charge is 0.450 e. The van der Waals surface area contributed by atoms with Crippen LogP contribution in [-0.2, 0) is 10.2 Å². The van der Waals surface area contributed by atoms with E-state index in [9.17, 15) is 9.18 Å². The van der Waals surface area contributed by atoms with Gasteiger partial charge in [0.1, 0.15) is 5.82 Å². The lowest BCUT2D eigenvalue weighted by molar-refractivity contribution is 0.168. The predicted molar refractivity (Wildman–Crippen MR) is 77.5 cm³/mol. The Balaban J connectivity index is 2.14. The summed E-state index contributed by atoms with van der Waals surface area (Å²) in [5.74, 6) is -0.401. The minimum atomic E-state index is -0.622. The number of ether oxygens (including phenoxy) is 1. The zero-order valence-electron chi connectivity index (χ0n) is 12.2. The lowest BCUT2D eigenvalue weighted by Gasteiger charge is -2.34. The lowest BCUT2D eigenvalue weighted by Crippen LogP contribution is -2.25. The van der Waals surface area contributed by atoms with E-state index >= 15 is 0 Å². The third-order valence-electron chi connectivity index (χ3n) is 4.14. The summed E-state index contributed by atoms with van der Waals surface area (Å²) < 4.78 is 18.9. The van der Waals surface area contributed by atoms with Crippen LogP contribution in [0, 0.1) is 5.82 Å². The first-order chi connectivity index (χ1) is 9.55. The van der Waals surface area contributed by atoms with Gasteiger partial charge in [-0.05, 0) is 42.9 Å². The number of benzene rings is 1. The van der Waals surface area contributed by atoms with Crippen LogP contribution in [0.4, 0.5) is 14.9 Å². The molecular formula is C16H22FNO2. The van der Waals surface area contributed by atoms with Crippen LogP contribution in [0.5, 0.6) is 0 Å². The number of nitrogens with one attached hydrogen (secondary N) is 1. The van der Waals surface area contributed by atoms with Gasteiger partial charge in [0, 0.05) is 0 Å². The first-order valence-electron chi connectivity index (χ1n) is 7.29. The van der Waals surface area contributed by atoms with Crippen LogP contribution in [0.2, 0.25) is 0 Å². The molecule has 2 rings (SSSR count). The van der Waals surface area contributed by atoms with Gasteiger partial charge in [-0.25, -0.2) is 9.18 Å². The molecule has 0 bridgehead atoms. The highest BCUT2D eigenvalue weighted by Crippen LogP contribution is 2.39. The van der Waals surface area contributed by atoms with E-state index in [-0.39, 0.29) is 17.7 Å². The third-order valence-corrected chi connectivity index (χ3v) is 4.14. The van der Waals surface area contributed by atoms with Crippen molar-refractivity contribution < 1.29 is 13.9 Å². The summed E-state index contributed by atoms with van der Waals surface area (Å²) >= 11 is 0. The van der Waals surface area contributed by atoms with E-state index in [2.05, 4.69) is 12.2 Å². The standard InChI is InChI=1S/C16H22FNO2/c1-3-20-15(19)18-14-8-7-12(11-13(14)17)16(2)9-5-4-6-10-16/h7-8,11H,3-6,9-10H2,1-2H3,(H,18,19). The quantitative estimate of drug-likeness (QED) is 0.877. The molecule has 1 aliphatic carbocycles. The van der Waals surface area contributed by atoms with Crippen LogP contribution in [0.25, 0.3) is 0 Å². The molecule has 1 aliphatic rings. The van der Waals surface area contributed by atoms with Gasteiger partial charge in [-0.15, -0.1) is 0 Å². The fourth-order valence-corrected chi connectivity index (χ4v) is 2.89. The van der Waals surface area contributed by atoms with Crippen molar-refractivity contribution in [2.24, 2.45) is 0 Å². The molecule has 1 fully saturated rings. The van der Waals surface area contributed by atoms with Gasteiger partial charge < -0.3 is 4.74 Å². The van der Waals surface area contributed by atoms with Crippen LogP contribution in [0.1, 0.15) is 51.5 Å². The van der Waals surface area contributed by atoms with Crippen molar-refractivity contribution >= 4 is 11.8 Å². The average Bonchev–Trinajstić information content (AvgIpc) is 2.42. The molecule has 0 atom stereocenters. The van der Waals surface area contributed by atoms with Crippen molar-refractivity contribution in [2.45, 2.75) is 51.4 Å². The highest BCUT2D eigenvalue weighted by molar-refractivity contribution is 5.84. The second-order valence-electron chi connectivity index (χ2n) is 5.66. The number of anilines is 1. The first kappa shape index (κ1) is 14.8. The molecule has 4 heteroatoms. The van der Waals surface area contributed by atoms with Gasteiger partial charge in [-0.2, -0.15) is 0 Å². The minimum Gasteiger partial charge on any atom is -0.450 e. The topological polar surface area (TPSA) is 38.3 Å². The molecule has 0 unspecified atom stereocenters. The van der Waals surface area contributed by atoms with Gasteiger partial charge in [-0.3, -0.25) is 5.32 Å². The molecule has 1 amide bonds. The number of hydrogen-bond acceptors (Lipinski definition) is 2. The van der Waals surface area contributed by atoms with Crippen LogP contribution >= 0.6 is 0 Å². The molecule has 1 saturated carbocycles. The van der Waals surface area contributed by atoms with E-state index in [0.717, 1.165) is 18.4 Å². The maximum Gasteiger partial charge on any atom is 0.411 e. The number of hydrogen-bond donors (Lipinski definition) is 1. The highest BCUT2D eigenvalue weighted by atomic mass is 19.1. The molecule has 3 nitrogen and oxygen atoms in total. The molecular weight excluding hydrogens is 257 g/mol. The number of carbonyl (C=O) groups excluding carboxylic acids is 1. The van der Waals surface area contributed by atoms with E-state index in [1.165, 1.54) is 19.3 Å². The third kappa shape index (κ3) is 3.30. The molecule has 0 spiro atoms. The van der Waals surface area contributed by atoms with Crippen molar-refractivity contribution in [3.05, 3.63) is 29.6 Å². The number of rotatable bonds is 3. The summed E-state index contributed by atoms with van der Waals surface area (Å²) in [6, 6.07) is 5.09. The van der Waals surface area contributed by atoms with Crippen LogP contribution in [0.15, 0.2) is 18.2 Å². The van der Waals surface area contributed by atoms with Crippen molar-refractivity contribution in [3.8, 4) is 0 Å². The van der Waals surface area contributed by atoms with E-state index in [1.807, 2.05) is 6.07 Å². The zero-order valence-corrected chi connectivity index (χ0v) is 12.2. The fourth-order valence-electron chi connectivity index (χ4n) is 2.89. The Hall–Kier alpha value is -1.58. The zero-order chi connectivity index (χ0) is 14.6. The van der Waals surface area contributed by atoms with Crippen molar-refractivity contribution in [1.82, 2.24) is 0 Å². The monoisotopic (exact) mass is 279 g/mol. The molecule has 1 N–H and O–H groups in total. The van der Waals surface area contributed by atoms with Crippen LogP contribution in [-0.4, -0.2) is 12.7 Å². The minimum absolute atomic E-state index is 0.0571. The molecule has 0 aliphatic heterocycles. The van der Waals surface area contributed by atoms with E-state index in [1.54, 1.807) is 19.1 Å². The SMILES string of the molecule is CCOC(=O)Nc1ccc(C2(C)CCCCC2)cc1F. The normalized spacial score (nSPS) is 17.6. The molecule has 1 aromatic rings. The van der Waals surface area contributed by atoms with Crippen molar-refractivity contribution in [3.63, 3.8) is 0 Å². The number of amides is 1. The van der Waals surface area contributed by atoms with Gasteiger partial charge in [-0.1, -0.05) is 32.3 Å². The second-order valence-corrected chi connectivity index (χ2v) is 5.66. The molecule has 0 heterocycles. The molecule has 0 radical (unpaired) electrons. The summed E-state index contributed by atoms with van der Waals surface area (Å²) in [4.78, 5) is 11.3. The number of carbonyl (C=O) groups is 1. The average molecular weight is 279 g/mol. The lowest BCUT2D eigenvalue weighted by atomic mass is 9.71. The summed E-state index contributed by atoms with van der Waals surface area (Å²) in [7, 11) is 0. The number of halogens is 1. The van der Waals surface area contributed by atoms with Gasteiger partial charge in [0.05, 0.1) is 12.3 Å². The Bertz CT molecular complexity index is 481. The summed E-state index contributed by atoms with van der Waals surface area (Å²) in [6.07, 6.45) is 5.22. The molecule has 1 aromatic carbocycles. The summed E-state index contributed by atoms with van der Waals surface area (Å²) in [5.41, 5.74) is 1.25.